The van der Waals surface area contributed by atoms with Gasteiger partial charge in [0.1, 0.15) is 5.01 Å². The fraction of sp³-hybridized carbons (Fsp3) is 0.138. The van der Waals surface area contributed by atoms with Gasteiger partial charge in [-0.3, -0.25) is 0 Å². The summed E-state index contributed by atoms with van der Waals surface area (Å²) in [5.74, 6) is 0. The Bertz CT molecular complexity index is 1280. The lowest BCUT2D eigenvalue weighted by atomic mass is 9.90. The first kappa shape index (κ1) is 19.7. The van der Waals surface area contributed by atoms with Crippen molar-refractivity contribution in [3.05, 3.63) is 101 Å². The number of hydrogen-bond acceptors (Lipinski definition) is 2. The summed E-state index contributed by atoms with van der Waals surface area (Å²) in [5.41, 5.74) is 12.4. The van der Waals surface area contributed by atoms with Gasteiger partial charge in [0.15, 0.2) is 0 Å². The van der Waals surface area contributed by atoms with E-state index in [4.69, 9.17) is 4.98 Å². The third-order valence-electron chi connectivity index (χ3n) is 5.64. The smallest absolute Gasteiger partial charge is 0.125 e. The molecular formula is C29H25NS. The lowest BCUT2D eigenvalue weighted by Crippen LogP contribution is -1.92. The zero-order valence-electron chi connectivity index (χ0n) is 18.4. The van der Waals surface area contributed by atoms with E-state index in [1.807, 2.05) is 0 Å². The van der Waals surface area contributed by atoms with Crippen molar-refractivity contribution in [2.45, 2.75) is 27.7 Å². The van der Waals surface area contributed by atoms with Crippen LogP contribution in [0.1, 0.15) is 22.3 Å². The third-order valence-corrected chi connectivity index (χ3v) is 6.69. The number of rotatable bonds is 3. The van der Waals surface area contributed by atoms with Crippen molar-refractivity contribution < 1.29 is 0 Å². The molecule has 0 bridgehead atoms. The summed E-state index contributed by atoms with van der Waals surface area (Å²) in [6, 6.07) is 28.7. The van der Waals surface area contributed by atoms with E-state index in [0.717, 1.165) is 10.5 Å². The average Bonchev–Trinajstić information content (AvgIpc) is 3.15. The molecular weight excluding hydrogens is 394 g/mol. The van der Waals surface area contributed by atoms with Gasteiger partial charge < -0.3 is 0 Å². The maximum absolute atomic E-state index is 5.06. The summed E-state index contributed by atoms with van der Waals surface area (Å²) in [5, 5.41) is 1.07. The molecule has 152 valence electrons. The molecule has 0 fully saturated rings. The van der Waals surface area contributed by atoms with Gasteiger partial charge in [-0.25, -0.2) is 4.98 Å². The van der Waals surface area contributed by atoms with E-state index in [2.05, 4.69) is 107 Å². The Kier molecular flexibility index (Phi) is 4.95. The summed E-state index contributed by atoms with van der Waals surface area (Å²) in [4.78, 5) is 5.06. The summed E-state index contributed by atoms with van der Waals surface area (Å²) in [6.45, 7) is 8.67. The van der Waals surface area contributed by atoms with Crippen LogP contribution in [-0.2, 0) is 0 Å². The average molecular weight is 420 g/mol. The molecule has 0 saturated heterocycles. The topological polar surface area (TPSA) is 12.9 Å². The summed E-state index contributed by atoms with van der Waals surface area (Å²) in [6.07, 6.45) is 0. The first-order valence-corrected chi connectivity index (χ1v) is 11.5. The number of fused-ring (bicyclic) bond motifs is 1. The van der Waals surface area contributed by atoms with Crippen LogP contribution in [0.25, 0.3) is 43.0 Å². The lowest BCUT2D eigenvalue weighted by Gasteiger charge is -2.16. The molecule has 0 aliphatic rings. The highest BCUT2D eigenvalue weighted by Crippen LogP contribution is 2.43. The van der Waals surface area contributed by atoms with Crippen LogP contribution in [0.15, 0.2) is 78.9 Å². The van der Waals surface area contributed by atoms with Crippen molar-refractivity contribution in [2.24, 2.45) is 0 Å². The van der Waals surface area contributed by atoms with E-state index in [-0.39, 0.29) is 0 Å². The predicted molar refractivity (Wildman–Crippen MR) is 135 cm³/mol. The molecule has 5 rings (SSSR count). The molecule has 0 amide bonds. The Hall–Kier alpha value is -3.23. The van der Waals surface area contributed by atoms with E-state index in [9.17, 15) is 0 Å². The van der Waals surface area contributed by atoms with E-state index in [1.54, 1.807) is 11.3 Å². The van der Waals surface area contributed by atoms with Gasteiger partial charge in [0.25, 0.3) is 0 Å². The van der Waals surface area contributed by atoms with Gasteiger partial charge in [-0.2, -0.15) is 0 Å². The monoisotopic (exact) mass is 419 g/mol. The van der Waals surface area contributed by atoms with E-state index in [0.29, 0.717) is 0 Å². The summed E-state index contributed by atoms with van der Waals surface area (Å²) >= 11 is 1.77. The Balaban J connectivity index is 1.85. The van der Waals surface area contributed by atoms with Crippen LogP contribution in [0.3, 0.4) is 0 Å². The number of nitrogens with zero attached hydrogens (tertiary/aromatic N) is 1. The molecule has 0 atom stereocenters. The largest absolute Gasteiger partial charge is 0.236 e. The minimum Gasteiger partial charge on any atom is -0.236 e. The zero-order valence-corrected chi connectivity index (χ0v) is 19.2. The molecule has 31 heavy (non-hydrogen) atoms. The molecule has 0 N–H and O–H groups in total. The van der Waals surface area contributed by atoms with Crippen molar-refractivity contribution >= 4 is 21.6 Å². The second-order valence-corrected chi connectivity index (χ2v) is 9.50. The van der Waals surface area contributed by atoms with Crippen LogP contribution < -0.4 is 0 Å². The number of benzene rings is 4. The van der Waals surface area contributed by atoms with Gasteiger partial charge in [-0.05, 0) is 62.1 Å². The maximum Gasteiger partial charge on any atom is 0.125 e. The number of thiazole rings is 1. The van der Waals surface area contributed by atoms with Crippen molar-refractivity contribution in [3.63, 3.8) is 0 Å². The zero-order chi connectivity index (χ0) is 21.5. The van der Waals surface area contributed by atoms with Crippen molar-refractivity contribution in [3.8, 4) is 32.8 Å². The molecule has 0 unspecified atom stereocenters. The highest BCUT2D eigenvalue weighted by Gasteiger charge is 2.18. The standard InChI is InChI=1S/C29H25NS/c1-18-12-19(2)15-22(14-18)24-8-7-9-25(23-16-20(3)13-21(4)17-23)28(24)29-30-26-10-5-6-11-27(26)31-29/h5-17H,1-4H3. The first-order valence-electron chi connectivity index (χ1n) is 10.6. The number of aryl methyl sites for hydroxylation is 4. The van der Waals surface area contributed by atoms with E-state index < -0.39 is 0 Å². The minimum absolute atomic E-state index is 1.06. The number of hydrogen-bond donors (Lipinski definition) is 0. The molecule has 1 aromatic heterocycles. The SMILES string of the molecule is Cc1cc(C)cc(-c2cccc(-c3cc(C)cc(C)c3)c2-c2nc3ccccc3s2)c1. The molecule has 0 saturated carbocycles. The Labute approximate surface area is 188 Å². The first-order chi connectivity index (χ1) is 15.0. The molecule has 5 aromatic rings. The van der Waals surface area contributed by atoms with Crippen LogP contribution >= 0.6 is 11.3 Å². The minimum atomic E-state index is 1.06. The van der Waals surface area contributed by atoms with E-state index >= 15 is 0 Å². The molecule has 0 aliphatic heterocycles. The maximum atomic E-state index is 5.06. The predicted octanol–water partition coefficient (Wildman–Crippen LogP) is 8.53. The molecule has 2 heteroatoms. The highest BCUT2D eigenvalue weighted by atomic mass is 32.1. The Morgan fingerprint density at radius 1 is 0.581 bits per heavy atom. The highest BCUT2D eigenvalue weighted by molar-refractivity contribution is 7.21. The quantitative estimate of drug-likeness (QED) is 0.285. The molecule has 0 aliphatic carbocycles. The lowest BCUT2D eigenvalue weighted by molar-refractivity contribution is 1.37. The summed E-state index contributed by atoms with van der Waals surface area (Å²) in [7, 11) is 0. The Morgan fingerprint density at radius 3 is 1.61 bits per heavy atom. The van der Waals surface area contributed by atoms with Crippen LogP contribution in [0.5, 0.6) is 0 Å². The van der Waals surface area contributed by atoms with Gasteiger partial charge in [-0.15, -0.1) is 11.3 Å². The van der Waals surface area contributed by atoms with Gasteiger partial charge in [0.05, 0.1) is 10.2 Å². The Morgan fingerprint density at radius 2 is 1.10 bits per heavy atom. The van der Waals surface area contributed by atoms with Crippen LogP contribution in [0, 0.1) is 27.7 Å². The van der Waals surface area contributed by atoms with Gasteiger partial charge in [0, 0.05) is 5.56 Å². The van der Waals surface area contributed by atoms with Crippen molar-refractivity contribution in [2.75, 3.05) is 0 Å². The van der Waals surface area contributed by atoms with Crippen molar-refractivity contribution in [1.82, 2.24) is 4.98 Å². The molecule has 4 aromatic carbocycles. The number of para-hydroxylation sites is 1. The van der Waals surface area contributed by atoms with Gasteiger partial charge in [-0.1, -0.05) is 89.0 Å². The fourth-order valence-corrected chi connectivity index (χ4v) is 5.54. The number of aromatic nitrogens is 1. The van der Waals surface area contributed by atoms with Crippen LogP contribution in [0.4, 0.5) is 0 Å². The van der Waals surface area contributed by atoms with E-state index in [1.165, 1.54) is 54.8 Å². The second kappa shape index (κ2) is 7.79. The van der Waals surface area contributed by atoms with Crippen molar-refractivity contribution in [1.29, 1.82) is 0 Å². The molecule has 1 heterocycles. The molecule has 0 spiro atoms. The third kappa shape index (κ3) is 3.80. The van der Waals surface area contributed by atoms with Crippen LogP contribution in [-0.4, -0.2) is 4.98 Å². The van der Waals surface area contributed by atoms with Gasteiger partial charge >= 0.3 is 0 Å². The molecule has 0 radical (unpaired) electrons. The normalized spacial score (nSPS) is 11.2. The van der Waals surface area contributed by atoms with Crippen LogP contribution in [0.2, 0.25) is 0 Å². The molecule has 1 nitrogen and oxygen atoms in total. The fourth-order valence-electron chi connectivity index (χ4n) is 4.50. The second-order valence-electron chi connectivity index (χ2n) is 8.47. The van der Waals surface area contributed by atoms with Gasteiger partial charge in [0.2, 0.25) is 0 Å². The summed E-state index contributed by atoms with van der Waals surface area (Å²) < 4.78 is 1.22.